The van der Waals surface area contributed by atoms with Crippen LogP contribution < -0.4 is 15.4 Å². The summed E-state index contributed by atoms with van der Waals surface area (Å²) in [5, 5.41) is 14.1. The minimum absolute atomic E-state index is 0.124. The third-order valence-electron chi connectivity index (χ3n) is 8.99. The zero-order chi connectivity index (χ0) is 34.6. The lowest BCUT2D eigenvalue weighted by molar-refractivity contribution is -0.125. The van der Waals surface area contributed by atoms with Gasteiger partial charge in [0.2, 0.25) is 5.91 Å². The second-order valence-electron chi connectivity index (χ2n) is 12.6. The first-order chi connectivity index (χ1) is 24.3. The Labute approximate surface area is 293 Å². The van der Waals surface area contributed by atoms with Crippen molar-refractivity contribution in [1.29, 1.82) is 0 Å². The Hall–Kier alpha value is -5.33. The van der Waals surface area contributed by atoms with Gasteiger partial charge in [0.05, 0.1) is 36.7 Å². The molecule has 12 nitrogen and oxygen atoms in total. The van der Waals surface area contributed by atoms with Crippen molar-refractivity contribution in [2.45, 2.75) is 50.6 Å². The number of hydrogen-bond acceptors (Lipinski definition) is 8. The molecule has 7 rings (SSSR count). The minimum Gasteiger partial charge on any atom is -0.457 e. The number of nitrogens with one attached hydrogen (secondary N) is 2. The first-order valence-electron chi connectivity index (χ1n) is 16.5. The molecule has 1 aromatic heterocycles. The summed E-state index contributed by atoms with van der Waals surface area (Å²) in [6.45, 7) is 0.865. The Balaban J connectivity index is 1.18. The Morgan fingerprint density at radius 3 is 2.60 bits per heavy atom. The third kappa shape index (κ3) is 7.77. The number of ether oxygens (including phenoxy) is 2. The summed E-state index contributed by atoms with van der Waals surface area (Å²) in [7, 11) is 0. The molecule has 256 valence electrons. The second kappa shape index (κ2) is 14.7. The van der Waals surface area contributed by atoms with Gasteiger partial charge in [-0.05, 0) is 72.9 Å². The number of carbonyl (C=O) groups is 4. The fourth-order valence-electron chi connectivity index (χ4n) is 6.25. The van der Waals surface area contributed by atoms with Gasteiger partial charge in [-0.1, -0.05) is 41.9 Å². The molecule has 1 aliphatic carbocycles. The minimum atomic E-state index is -0.532. The van der Waals surface area contributed by atoms with Gasteiger partial charge in [-0.2, -0.15) is 10.2 Å². The highest BCUT2D eigenvalue weighted by molar-refractivity contribution is 6.31. The van der Waals surface area contributed by atoms with Crippen LogP contribution >= 0.6 is 11.6 Å². The van der Waals surface area contributed by atoms with Gasteiger partial charge in [0.15, 0.2) is 0 Å². The fraction of sp³-hybridized carbons (Fsp3) is 0.297. The van der Waals surface area contributed by atoms with E-state index in [0.29, 0.717) is 35.1 Å². The Kier molecular flexibility index (Phi) is 9.72. The number of likely N-dealkylation sites (tertiary alicyclic amines) is 1. The molecule has 4 aromatic rings. The normalized spacial score (nSPS) is 19.5. The lowest BCUT2D eigenvalue weighted by Gasteiger charge is -2.39. The molecule has 1 saturated heterocycles. The summed E-state index contributed by atoms with van der Waals surface area (Å²) in [4.78, 5) is 57.8. The lowest BCUT2D eigenvalue weighted by atomic mass is 10.0. The van der Waals surface area contributed by atoms with Crippen LogP contribution in [-0.4, -0.2) is 81.4 Å². The number of halogens is 1. The van der Waals surface area contributed by atoms with Crippen LogP contribution in [0.3, 0.4) is 0 Å². The molecule has 0 radical (unpaired) electrons. The maximum absolute atomic E-state index is 14.1. The standard InChI is InChI=1S/C37H35ClN6O6/c38-31-7-2-1-5-24(31)18-39-35(46)26-15-27-17-30(16-26)50-29-6-3-4-23(14-29)22-49-33-11-13-43(36(47)25-10-12-40-41-19-25)20-32(33)42-34(45)21-44(37(27)48)28-8-9-28/h1-7,10,12,14-17,19,28,32-33H,8-9,11,13,18,20-22H2,(H,39,46)(H,42,45)/t32-,33+/m1/s1. The van der Waals surface area contributed by atoms with Gasteiger partial charge in [0, 0.05) is 41.8 Å². The van der Waals surface area contributed by atoms with Crippen LogP contribution in [0.2, 0.25) is 5.02 Å². The number of hydrogen-bond donors (Lipinski definition) is 2. The van der Waals surface area contributed by atoms with Gasteiger partial charge in [-0.25, -0.2) is 0 Å². The topological polar surface area (TPSA) is 143 Å². The number of rotatable bonds is 5. The number of piperidine rings is 1. The number of benzene rings is 3. The van der Waals surface area contributed by atoms with E-state index < -0.39 is 17.9 Å². The van der Waals surface area contributed by atoms with Crippen LogP contribution in [0.5, 0.6) is 11.5 Å². The second-order valence-corrected chi connectivity index (χ2v) is 13.0. The van der Waals surface area contributed by atoms with Gasteiger partial charge in [-0.3, -0.25) is 19.2 Å². The molecule has 2 aliphatic heterocycles. The molecule has 2 fully saturated rings. The van der Waals surface area contributed by atoms with Crippen molar-refractivity contribution >= 4 is 35.2 Å². The summed E-state index contributed by atoms with van der Waals surface area (Å²) >= 11 is 6.30. The summed E-state index contributed by atoms with van der Waals surface area (Å²) in [5.41, 5.74) is 2.42. The van der Waals surface area contributed by atoms with E-state index in [1.807, 2.05) is 36.4 Å². The molecular weight excluding hydrogens is 660 g/mol. The SMILES string of the molecule is O=C1CN(C2CC2)C(=O)c2cc(cc(C(=O)NCc3ccccc3Cl)c2)Oc2cccc(c2)CO[C@H]2CCN(C(=O)c3ccnnc3)C[C@H]2N1. The van der Waals surface area contributed by atoms with Crippen LogP contribution in [0.25, 0.3) is 0 Å². The van der Waals surface area contributed by atoms with Crippen LogP contribution in [-0.2, 0) is 22.7 Å². The lowest BCUT2D eigenvalue weighted by Crippen LogP contribution is -2.58. The predicted octanol–water partition coefficient (Wildman–Crippen LogP) is 4.39. The van der Waals surface area contributed by atoms with E-state index in [9.17, 15) is 19.2 Å². The van der Waals surface area contributed by atoms with E-state index in [1.54, 1.807) is 35.2 Å². The van der Waals surface area contributed by atoms with Gasteiger partial charge < -0.3 is 29.9 Å². The van der Waals surface area contributed by atoms with Gasteiger partial charge >= 0.3 is 0 Å². The summed E-state index contributed by atoms with van der Waals surface area (Å²) in [6.07, 6.45) is 4.49. The number of amides is 4. The maximum atomic E-state index is 14.1. The van der Waals surface area contributed by atoms with Crippen LogP contribution in [0.4, 0.5) is 0 Å². The molecule has 4 bridgehead atoms. The van der Waals surface area contributed by atoms with Crippen LogP contribution in [0.1, 0.15) is 61.5 Å². The third-order valence-corrected chi connectivity index (χ3v) is 9.36. The monoisotopic (exact) mass is 694 g/mol. The van der Waals surface area contributed by atoms with Gasteiger partial charge in [0.1, 0.15) is 18.0 Å². The summed E-state index contributed by atoms with van der Waals surface area (Å²) in [5.74, 6) is -0.603. The summed E-state index contributed by atoms with van der Waals surface area (Å²) < 4.78 is 12.6. The highest BCUT2D eigenvalue weighted by Crippen LogP contribution is 2.31. The zero-order valence-corrected chi connectivity index (χ0v) is 27.8. The van der Waals surface area contributed by atoms with Crippen molar-refractivity contribution in [1.82, 2.24) is 30.6 Å². The highest BCUT2D eigenvalue weighted by Gasteiger charge is 2.38. The summed E-state index contributed by atoms with van der Waals surface area (Å²) in [6, 6.07) is 20.2. The van der Waals surface area contributed by atoms with E-state index in [-0.39, 0.29) is 61.3 Å². The molecule has 0 unspecified atom stereocenters. The van der Waals surface area contributed by atoms with Crippen molar-refractivity contribution in [3.63, 3.8) is 0 Å². The Morgan fingerprint density at radius 1 is 0.940 bits per heavy atom. The van der Waals surface area contributed by atoms with Crippen molar-refractivity contribution in [3.8, 4) is 11.5 Å². The van der Waals surface area contributed by atoms with Gasteiger partial charge in [0.25, 0.3) is 17.7 Å². The molecule has 2 N–H and O–H groups in total. The smallest absolute Gasteiger partial charge is 0.255 e. The number of nitrogens with zero attached hydrogens (tertiary/aromatic N) is 4. The zero-order valence-electron chi connectivity index (χ0n) is 27.1. The van der Waals surface area contributed by atoms with E-state index in [1.165, 1.54) is 23.4 Å². The number of carbonyl (C=O) groups excluding carboxylic acids is 4. The predicted molar refractivity (Wildman–Crippen MR) is 183 cm³/mol. The van der Waals surface area contributed by atoms with E-state index in [2.05, 4.69) is 20.8 Å². The van der Waals surface area contributed by atoms with Crippen LogP contribution in [0, 0.1) is 0 Å². The molecule has 2 atom stereocenters. The first kappa shape index (κ1) is 33.2. The van der Waals surface area contributed by atoms with Crippen molar-refractivity contribution in [3.05, 3.63) is 118 Å². The molecule has 4 amide bonds. The fourth-order valence-corrected chi connectivity index (χ4v) is 6.45. The van der Waals surface area contributed by atoms with Crippen LogP contribution in [0.15, 0.2) is 85.2 Å². The first-order valence-corrected chi connectivity index (χ1v) is 16.9. The molecule has 50 heavy (non-hydrogen) atoms. The molecule has 0 spiro atoms. The van der Waals surface area contributed by atoms with Crippen molar-refractivity contribution in [2.24, 2.45) is 0 Å². The van der Waals surface area contributed by atoms with E-state index >= 15 is 0 Å². The molecule has 1 saturated carbocycles. The van der Waals surface area contributed by atoms with Gasteiger partial charge in [-0.15, -0.1) is 0 Å². The number of fused-ring (bicyclic) bond motifs is 5. The molecule has 3 aromatic carbocycles. The largest absolute Gasteiger partial charge is 0.457 e. The quantitative estimate of drug-likeness (QED) is 0.313. The molecule has 3 heterocycles. The van der Waals surface area contributed by atoms with E-state index in [4.69, 9.17) is 21.1 Å². The Bertz CT molecular complexity index is 1920. The highest BCUT2D eigenvalue weighted by atomic mass is 35.5. The average Bonchev–Trinajstić information content (AvgIpc) is 3.98. The number of aromatic nitrogens is 2. The van der Waals surface area contributed by atoms with Crippen molar-refractivity contribution < 1.29 is 28.7 Å². The Morgan fingerprint density at radius 2 is 1.80 bits per heavy atom. The average molecular weight is 695 g/mol. The molecular formula is C37H35ClN6O6. The van der Waals surface area contributed by atoms with Crippen molar-refractivity contribution in [2.75, 3.05) is 19.6 Å². The molecule has 3 aliphatic rings. The molecule has 13 heteroatoms. The van der Waals surface area contributed by atoms with E-state index in [0.717, 1.165) is 24.0 Å². The maximum Gasteiger partial charge on any atom is 0.255 e.